The zero-order valence-corrected chi connectivity index (χ0v) is 13.2. The minimum atomic E-state index is 0.305. The summed E-state index contributed by atoms with van der Waals surface area (Å²) in [5, 5.41) is 4.43. The van der Waals surface area contributed by atoms with Crippen LogP contribution in [0.1, 0.15) is 35.2 Å². The van der Waals surface area contributed by atoms with E-state index in [1.807, 2.05) is 18.2 Å². The average Bonchev–Trinajstić information content (AvgIpc) is 2.43. The van der Waals surface area contributed by atoms with Crippen molar-refractivity contribution in [3.05, 3.63) is 69.7 Å². The van der Waals surface area contributed by atoms with Crippen molar-refractivity contribution in [2.75, 3.05) is 6.54 Å². The van der Waals surface area contributed by atoms with E-state index in [9.17, 15) is 0 Å². The maximum atomic E-state index is 6.30. The van der Waals surface area contributed by atoms with Crippen LogP contribution in [0.4, 0.5) is 0 Å². The summed E-state index contributed by atoms with van der Waals surface area (Å²) < 4.78 is 0. The normalized spacial score (nSPS) is 12.4. The highest BCUT2D eigenvalue weighted by Crippen LogP contribution is 2.26. The Balaban J connectivity index is 2.32. The topological polar surface area (TPSA) is 12.0 Å². The third kappa shape index (κ3) is 3.62. The molecule has 2 aromatic carbocycles. The lowest BCUT2D eigenvalue weighted by atomic mass is 9.94. The van der Waals surface area contributed by atoms with E-state index in [0.29, 0.717) is 6.04 Å². The zero-order valence-electron chi connectivity index (χ0n) is 12.4. The van der Waals surface area contributed by atoms with Crippen LogP contribution in [-0.2, 0) is 6.42 Å². The monoisotopic (exact) mass is 287 g/mol. The Kier molecular flexibility index (Phi) is 5.22. The van der Waals surface area contributed by atoms with Gasteiger partial charge in [0.15, 0.2) is 0 Å². The Morgan fingerprint density at radius 1 is 1.10 bits per heavy atom. The molecule has 0 amide bonds. The third-order valence-corrected chi connectivity index (χ3v) is 4.01. The van der Waals surface area contributed by atoms with Crippen LogP contribution in [0.3, 0.4) is 0 Å². The summed E-state index contributed by atoms with van der Waals surface area (Å²) in [7, 11) is 0. The summed E-state index contributed by atoms with van der Waals surface area (Å²) >= 11 is 6.30. The summed E-state index contributed by atoms with van der Waals surface area (Å²) in [6, 6.07) is 15.0. The summed E-state index contributed by atoms with van der Waals surface area (Å²) in [5.74, 6) is 0. The number of likely N-dealkylation sites (N-methyl/N-ethyl adjacent to an activating group) is 1. The van der Waals surface area contributed by atoms with Gasteiger partial charge in [-0.05, 0) is 49.6 Å². The largest absolute Gasteiger partial charge is 0.310 e. The van der Waals surface area contributed by atoms with Gasteiger partial charge in [0.25, 0.3) is 0 Å². The van der Waals surface area contributed by atoms with E-state index >= 15 is 0 Å². The van der Waals surface area contributed by atoms with Gasteiger partial charge in [-0.3, -0.25) is 0 Å². The molecule has 106 valence electrons. The Morgan fingerprint density at radius 3 is 2.55 bits per heavy atom. The van der Waals surface area contributed by atoms with E-state index in [2.05, 4.69) is 50.4 Å². The van der Waals surface area contributed by atoms with E-state index in [4.69, 9.17) is 11.6 Å². The lowest BCUT2D eigenvalue weighted by Gasteiger charge is -2.21. The number of hydrogen-bond acceptors (Lipinski definition) is 1. The summed E-state index contributed by atoms with van der Waals surface area (Å²) in [6.45, 7) is 7.40. The molecule has 0 spiro atoms. The molecule has 20 heavy (non-hydrogen) atoms. The van der Waals surface area contributed by atoms with Gasteiger partial charge in [0.1, 0.15) is 0 Å². The fraction of sp³-hybridized carbons (Fsp3) is 0.333. The summed E-state index contributed by atoms with van der Waals surface area (Å²) in [4.78, 5) is 0. The molecule has 0 heterocycles. The van der Waals surface area contributed by atoms with Crippen molar-refractivity contribution in [3.8, 4) is 0 Å². The molecule has 1 nitrogen and oxygen atoms in total. The number of rotatable bonds is 5. The molecular formula is C18H22ClN. The Labute approximate surface area is 127 Å². The van der Waals surface area contributed by atoms with E-state index < -0.39 is 0 Å². The predicted molar refractivity (Wildman–Crippen MR) is 87.5 cm³/mol. The summed E-state index contributed by atoms with van der Waals surface area (Å²) in [5.41, 5.74) is 5.19. The highest BCUT2D eigenvalue weighted by atomic mass is 35.5. The molecule has 2 heteroatoms. The van der Waals surface area contributed by atoms with Gasteiger partial charge in [-0.15, -0.1) is 0 Å². The highest BCUT2D eigenvalue weighted by molar-refractivity contribution is 6.31. The fourth-order valence-electron chi connectivity index (χ4n) is 2.56. The Morgan fingerprint density at radius 2 is 1.85 bits per heavy atom. The van der Waals surface area contributed by atoms with Crippen LogP contribution < -0.4 is 5.32 Å². The molecule has 1 unspecified atom stereocenters. The van der Waals surface area contributed by atoms with Crippen LogP contribution in [-0.4, -0.2) is 6.54 Å². The molecule has 2 aromatic rings. The van der Waals surface area contributed by atoms with Gasteiger partial charge in [0.2, 0.25) is 0 Å². The minimum absolute atomic E-state index is 0.305. The first-order valence-electron chi connectivity index (χ1n) is 7.15. The molecule has 2 rings (SSSR count). The maximum absolute atomic E-state index is 6.30. The molecule has 1 N–H and O–H groups in total. The first-order valence-corrected chi connectivity index (χ1v) is 7.53. The van der Waals surface area contributed by atoms with Crippen LogP contribution in [0.15, 0.2) is 42.5 Å². The van der Waals surface area contributed by atoms with Crippen molar-refractivity contribution in [2.24, 2.45) is 0 Å². The smallest absolute Gasteiger partial charge is 0.0438 e. The molecule has 0 aliphatic heterocycles. The fourth-order valence-corrected chi connectivity index (χ4v) is 2.77. The van der Waals surface area contributed by atoms with Crippen molar-refractivity contribution < 1.29 is 0 Å². The quantitative estimate of drug-likeness (QED) is 0.829. The van der Waals surface area contributed by atoms with Crippen molar-refractivity contribution in [3.63, 3.8) is 0 Å². The zero-order chi connectivity index (χ0) is 14.5. The number of halogens is 1. The van der Waals surface area contributed by atoms with Crippen LogP contribution in [0, 0.1) is 13.8 Å². The molecule has 0 aliphatic rings. The van der Waals surface area contributed by atoms with Crippen molar-refractivity contribution in [2.45, 2.75) is 33.2 Å². The first-order chi connectivity index (χ1) is 9.61. The van der Waals surface area contributed by atoms with Crippen LogP contribution in [0.2, 0.25) is 5.02 Å². The van der Waals surface area contributed by atoms with E-state index in [0.717, 1.165) is 18.0 Å². The second-order valence-corrected chi connectivity index (χ2v) is 5.67. The van der Waals surface area contributed by atoms with Gasteiger partial charge >= 0.3 is 0 Å². The average molecular weight is 288 g/mol. The van der Waals surface area contributed by atoms with Gasteiger partial charge in [-0.2, -0.15) is 0 Å². The lowest BCUT2D eigenvalue weighted by Crippen LogP contribution is -2.24. The Bertz CT molecular complexity index is 577. The standard InChI is InChI=1S/C18H22ClN/c1-4-20-18(12-15-7-5-6-8-17(15)19)16-11-13(2)9-10-14(16)3/h5-11,18,20H,4,12H2,1-3H3. The molecule has 0 aliphatic carbocycles. The molecule has 1 atom stereocenters. The van der Waals surface area contributed by atoms with Crippen molar-refractivity contribution in [1.82, 2.24) is 5.32 Å². The van der Waals surface area contributed by atoms with Crippen LogP contribution in [0.5, 0.6) is 0 Å². The van der Waals surface area contributed by atoms with Gasteiger partial charge in [-0.25, -0.2) is 0 Å². The molecular weight excluding hydrogens is 266 g/mol. The first kappa shape index (κ1) is 15.1. The van der Waals surface area contributed by atoms with E-state index in [-0.39, 0.29) is 0 Å². The van der Waals surface area contributed by atoms with Gasteiger partial charge < -0.3 is 5.32 Å². The SMILES string of the molecule is CCNC(Cc1ccccc1Cl)c1cc(C)ccc1C. The minimum Gasteiger partial charge on any atom is -0.310 e. The van der Waals surface area contributed by atoms with Crippen LogP contribution >= 0.6 is 11.6 Å². The molecule has 0 radical (unpaired) electrons. The number of benzene rings is 2. The number of aryl methyl sites for hydroxylation is 2. The van der Waals surface area contributed by atoms with Crippen molar-refractivity contribution in [1.29, 1.82) is 0 Å². The van der Waals surface area contributed by atoms with Gasteiger partial charge in [-0.1, -0.05) is 60.5 Å². The molecule has 0 saturated carbocycles. The van der Waals surface area contributed by atoms with Crippen molar-refractivity contribution >= 4 is 11.6 Å². The molecule has 0 bridgehead atoms. The van der Waals surface area contributed by atoms with E-state index in [1.165, 1.54) is 22.3 Å². The predicted octanol–water partition coefficient (Wildman–Crippen LogP) is 4.85. The molecule has 0 aromatic heterocycles. The van der Waals surface area contributed by atoms with Gasteiger partial charge in [0.05, 0.1) is 0 Å². The van der Waals surface area contributed by atoms with Gasteiger partial charge in [0, 0.05) is 11.1 Å². The van der Waals surface area contributed by atoms with Crippen LogP contribution in [0.25, 0.3) is 0 Å². The Hall–Kier alpha value is -1.31. The summed E-state index contributed by atoms with van der Waals surface area (Å²) in [6.07, 6.45) is 0.914. The molecule has 0 fully saturated rings. The lowest BCUT2D eigenvalue weighted by molar-refractivity contribution is 0.547. The number of nitrogens with one attached hydrogen (secondary N) is 1. The second kappa shape index (κ2) is 6.92. The molecule has 0 saturated heterocycles. The second-order valence-electron chi connectivity index (χ2n) is 5.27. The third-order valence-electron chi connectivity index (χ3n) is 3.64. The maximum Gasteiger partial charge on any atom is 0.0438 e. The van der Waals surface area contributed by atoms with E-state index in [1.54, 1.807) is 0 Å². The number of hydrogen-bond donors (Lipinski definition) is 1. The highest BCUT2D eigenvalue weighted by Gasteiger charge is 2.15.